The Morgan fingerprint density at radius 2 is 1.44 bits per heavy atom. The third kappa shape index (κ3) is 5.79. The number of phenolic OH excluding ortho intramolecular Hbond substituents is 1. The SMILES string of the molecule is Cc1cccc(-c2cc(-c3ccccc3O)nc(-c3[c-]c(-c4nc5nc(C(C)C)ccn5c4-c4ccccc4)cc4c3oc3ccccc34)c2)c1.[Pt]. The van der Waals surface area contributed by atoms with Crippen molar-refractivity contribution in [2.45, 2.75) is 26.7 Å². The van der Waals surface area contributed by atoms with Gasteiger partial charge in [-0.1, -0.05) is 122 Å². The first-order chi connectivity index (χ1) is 24.9. The molecule has 4 aromatic heterocycles. The summed E-state index contributed by atoms with van der Waals surface area (Å²) in [5.41, 5.74) is 11.8. The third-order valence-corrected chi connectivity index (χ3v) is 9.43. The Balaban J connectivity index is 0.00000387. The number of pyridine rings is 1. The van der Waals surface area contributed by atoms with Crippen LogP contribution < -0.4 is 0 Å². The maximum atomic E-state index is 11.0. The Bertz CT molecular complexity index is 2770. The number of hydrogen-bond acceptors (Lipinski definition) is 5. The molecule has 9 rings (SSSR count). The second kappa shape index (κ2) is 13.4. The monoisotopic (exact) mass is 856 g/mol. The minimum Gasteiger partial charge on any atom is -0.507 e. The van der Waals surface area contributed by atoms with Gasteiger partial charge in [0, 0.05) is 61.0 Å². The predicted octanol–water partition coefficient (Wildman–Crippen LogP) is 11.3. The molecule has 0 fully saturated rings. The van der Waals surface area contributed by atoms with E-state index in [1.165, 1.54) is 0 Å². The van der Waals surface area contributed by atoms with E-state index < -0.39 is 0 Å². The van der Waals surface area contributed by atoms with Crippen LogP contribution in [0, 0.1) is 13.0 Å². The molecule has 0 saturated heterocycles. The quantitative estimate of drug-likeness (QED) is 0.169. The molecule has 4 heterocycles. The largest absolute Gasteiger partial charge is 0.507 e. The molecule has 0 aliphatic carbocycles. The summed E-state index contributed by atoms with van der Waals surface area (Å²) in [6.45, 7) is 6.36. The van der Waals surface area contributed by atoms with Crippen molar-refractivity contribution in [3.63, 3.8) is 0 Å². The number of aromatic hydroxyl groups is 1. The molecule has 0 unspecified atom stereocenters. The standard InChI is InChI=1S/C45H33N4O2.Pt/c1-27(2)37-20-21-49-43(29-13-5-4-6-14-29)42(48-45(49)47-37)32-23-35-33-16-8-10-19-41(33)51-44(35)36(24-32)39-26-31(30-15-11-12-28(3)22-30)25-38(46-39)34-17-7-9-18-40(34)50;/h4-23,25-27,50H,1-3H3;/q-1;. The van der Waals surface area contributed by atoms with Gasteiger partial charge in [0.25, 0.3) is 0 Å². The number of benzene rings is 5. The van der Waals surface area contributed by atoms with Crippen LogP contribution in [-0.2, 0) is 21.1 Å². The van der Waals surface area contributed by atoms with E-state index in [0.717, 1.165) is 61.3 Å². The molecule has 0 radical (unpaired) electrons. The number of fused-ring (bicyclic) bond motifs is 4. The van der Waals surface area contributed by atoms with Crippen molar-refractivity contribution < 1.29 is 30.6 Å². The molecule has 5 aromatic carbocycles. The Kier molecular flexibility index (Phi) is 8.56. The summed E-state index contributed by atoms with van der Waals surface area (Å²) < 4.78 is 8.68. The summed E-state index contributed by atoms with van der Waals surface area (Å²) in [7, 11) is 0. The van der Waals surface area contributed by atoms with Crippen molar-refractivity contribution in [3.8, 4) is 61.9 Å². The topological polar surface area (TPSA) is 76.5 Å². The summed E-state index contributed by atoms with van der Waals surface area (Å²) in [4.78, 5) is 15.4. The molecular formula is C45H33N4O2Pt-. The molecular weight excluding hydrogens is 824 g/mol. The van der Waals surface area contributed by atoms with Gasteiger partial charge < -0.3 is 9.52 Å². The normalized spacial score (nSPS) is 11.5. The van der Waals surface area contributed by atoms with Crippen molar-refractivity contribution in [3.05, 3.63) is 151 Å². The van der Waals surface area contributed by atoms with Gasteiger partial charge in [0.1, 0.15) is 11.3 Å². The van der Waals surface area contributed by atoms with Crippen LogP contribution in [-0.4, -0.2) is 24.5 Å². The van der Waals surface area contributed by atoms with Gasteiger partial charge in [0.2, 0.25) is 5.78 Å². The maximum Gasteiger partial charge on any atom is 0.226 e. The van der Waals surface area contributed by atoms with Gasteiger partial charge in [-0.15, -0.1) is 12.1 Å². The molecule has 0 bridgehead atoms. The van der Waals surface area contributed by atoms with E-state index in [2.05, 4.69) is 98.1 Å². The first kappa shape index (κ1) is 33.3. The Labute approximate surface area is 315 Å². The molecule has 7 heteroatoms. The van der Waals surface area contributed by atoms with Gasteiger partial charge in [0.15, 0.2) is 0 Å². The van der Waals surface area contributed by atoms with Crippen molar-refractivity contribution in [1.29, 1.82) is 0 Å². The molecule has 0 saturated carbocycles. The van der Waals surface area contributed by atoms with E-state index >= 15 is 0 Å². The van der Waals surface area contributed by atoms with Crippen LogP contribution in [0.4, 0.5) is 0 Å². The number of aryl methyl sites for hydroxylation is 1. The average Bonchev–Trinajstić information content (AvgIpc) is 3.73. The third-order valence-electron chi connectivity index (χ3n) is 9.43. The number of rotatable bonds is 6. The van der Waals surface area contributed by atoms with Crippen LogP contribution in [0.5, 0.6) is 5.75 Å². The van der Waals surface area contributed by atoms with Crippen molar-refractivity contribution >= 4 is 27.7 Å². The number of furan rings is 1. The van der Waals surface area contributed by atoms with Crippen molar-refractivity contribution in [2.24, 2.45) is 0 Å². The van der Waals surface area contributed by atoms with E-state index in [1.807, 2.05) is 60.7 Å². The molecule has 52 heavy (non-hydrogen) atoms. The van der Waals surface area contributed by atoms with Gasteiger partial charge in [0.05, 0.1) is 11.3 Å². The van der Waals surface area contributed by atoms with Gasteiger partial charge in [-0.3, -0.25) is 14.4 Å². The summed E-state index contributed by atoms with van der Waals surface area (Å²) >= 11 is 0. The summed E-state index contributed by atoms with van der Waals surface area (Å²) in [5.74, 6) is 1.05. The molecule has 0 atom stereocenters. The summed E-state index contributed by atoms with van der Waals surface area (Å²) in [6, 6.07) is 46.1. The van der Waals surface area contributed by atoms with Crippen LogP contribution in [0.2, 0.25) is 0 Å². The molecule has 6 nitrogen and oxygen atoms in total. The van der Waals surface area contributed by atoms with E-state index in [0.29, 0.717) is 33.9 Å². The molecule has 1 N–H and O–H groups in total. The number of imidazole rings is 1. The predicted molar refractivity (Wildman–Crippen MR) is 205 cm³/mol. The number of hydrogen-bond donors (Lipinski definition) is 1. The number of phenols is 1. The Morgan fingerprint density at radius 1 is 0.692 bits per heavy atom. The zero-order valence-corrected chi connectivity index (χ0v) is 31.0. The smallest absolute Gasteiger partial charge is 0.226 e. The fourth-order valence-electron chi connectivity index (χ4n) is 6.88. The first-order valence-electron chi connectivity index (χ1n) is 17.1. The minimum atomic E-state index is 0. The zero-order chi connectivity index (χ0) is 34.6. The van der Waals surface area contributed by atoms with Crippen LogP contribution in [0.1, 0.15) is 31.0 Å². The first-order valence-corrected chi connectivity index (χ1v) is 17.1. The molecule has 9 aromatic rings. The molecule has 0 amide bonds. The van der Waals surface area contributed by atoms with E-state index in [4.69, 9.17) is 19.4 Å². The number of para-hydroxylation sites is 2. The molecule has 0 aliphatic heterocycles. The van der Waals surface area contributed by atoms with E-state index in [1.54, 1.807) is 6.07 Å². The molecule has 0 aliphatic rings. The van der Waals surface area contributed by atoms with E-state index in [9.17, 15) is 5.11 Å². The fraction of sp³-hybridized carbons (Fsp3) is 0.0889. The summed E-state index contributed by atoms with van der Waals surface area (Å²) in [6.07, 6.45) is 2.06. The van der Waals surface area contributed by atoms with Gasteiger partial charge in [-0.05, 0) is 65.3 Å². The van der Waals surface area contributed by atoms with Crippen molar-refractivity contribution in [1.82, 2.24) is 19.4 Å². The Hall–Kier alpha value is -5.84. The molecule has 256 valence electrons. The fourth-order valence-corrected chi connectivity index (χ4v) is 6.88. The second-order valence-corrected chi connectivity index (χ2v) is 13.3. The van der Waals surface area contributed by atoms with Gasteiger partial charge in [-0.2, -0.15) is 0 Å². The van der Waals surface area contributed by atoms with Crippen LogP contribution in [0.25, 0.3) is 83.9 Å². The van der Waals surface area contributed by atoms with Crippen LogP contribution in [0.3, 0.4) is 0 Å². The minimum absolute atomic E-state index is 0. The number of nitrogens with zero attached hydrogens (tertiary/aromatic N) is 4. The van der Waals surface area contributed by atoms with Crippen LogP contribution >= 0.6 is 0 Å². The summed E-state index contributed by atoms with van der Waals surface area (Å²) in [5, 5.41) is 12.9. The van der Waals surface area contributed by atoms with Crippen molar-refractivity contribution in [2.75, 3.05) is 0 Å². The zero-order valence-electron chi connectivity index (χ0n) is 28.7. The average molecular weight is 857 g/mol. The van der Waals surface area contributed by atoms with E-state index in [-0.39, 0.29) is 32.7 Å². The maximum absolute atomic E-state index is 11.0. The van der Waals surface area contributed by atoms with Gasteiger partial charge >= 0.3 is 0 Å². The number of aromatic nitrogens is 4. The van der Waals surface area contributed by atoms with Gasteiger partial charge in [-0.25, -0.2) is 4.98 Å². The van der Waals surface area contributed by atoms with Crippen LogP contribution in [0.15, 0.2) is 138 Å². The molecule has 0 spiro atoms. The second-order valence-electron chi connectivity index (χ2n) is 13.3. The Morgan fingerprint density at radius 3 is 2.25 bits per heavy atom.